The molecular formula is C11H22O2S2. The van der Waals surface area contributed by atoms with Crippen LogP contribution in [0.2, 0.25) is 0 Å². The quantitative estimate of drug-likeness (QED) is 0.828. The fourth-order valence-corrected chi connectivity index (χ4v) is 3.13. The third-order valence-electron chi connectivity index (χ3n) is 1.44. The highest BCUT2D eigenvalue weighted by Gasteiger charge is 2.26. The lowest BCUT2D eigenvalue weighted by Crippen LogP contribution is -2.27. The van der Waals surface area contributed by atoms with Gasteiger partial charge in [-0.15, -0.1) is 11.8 Å². The summed E-state index contributed by atoms with van der Waals surface area (Å²) in [6.07, 6.45) is 0. The molecular weight excluding hydrogens is 228 g/mol. The number of carboxylic acid groups (broad SMARTS) is 1. The first-order chi connectivity index (χ1) is 6.51. The van der Waals surface area contributed by atoms with Gasteiger partial charge in [0.2, 0.25) is 0 Å². The first-order valence-electron chi connectivity index (χ1n) is 5.06. The van der Waals surface area contributed by atoms with Crippen LogP contribution < -0.4 is 0 Å². The van der Waals surface area contributed by atoms with Crippen LogP contribution in [0.3, 0.4) is 0 Å². The summed E-state index contributed by atoms with van der Waals surface area (Å²) in [5, 5.41) is 8.79. The second kappa shape index (κ2) is 5.48. The molecule has 15 heavy (non-hydrogen) atoms. The van der Waals surface area contributed by atoms with E-state index in [1.54, 1.807) is 11.8 Å². The number of carboxylic acids is 1. The van der Waals surface area contributed by atoms with Crippen LogP contribution in [0.4, 0.5) is 0 Å². The molecule has 0 fully saturated rings. The van der Waals surface area contributed by atoms with Crippen molar-refractivity contribution in [2.45, 2.75) is 56.3 Å². The zero-order valence-corrected chi connectivity index (χ0v) is 12.1. The molecule has 2 nitrogen and oxygen atoms in total. The number of hydrogen-bond acceptors (Lipinski definition) is 3. The van der Waals surface area contributed by atoms with Crippen LogP contribution >= 0.6 is 23.5 Å². The molecule has 0 heterocycles. The molecule has 1 atom stereocenters. The van der Waals surface area contributed by atoms with Crippen LogP contribution in [0, 0.1) is 0 Å². The van der Waals surface area contributed by atoms with Gasteiger partial charge < -0.3 is 5.11 Å². The van der Waals surface area contributed by atoms with Crippen LogP contribution in [0.25, 0.3) is 0 Å². The van der Waals surface area contributed by atoms with Gasteiger partial charge in [-0.2, -0.15) is 11.8 Å². The Labute approximate surface area is 102 Å². The smallest absolute Gasteiger partial charge is 0.317 e. The van der Waals surface area contributed by atoms with Crippen molar-refractivity contribution in [1.82, 2.24) is 0 Å². The number of rotatable bonds is 4. The maximum Gasteiger partial charge on any atom is 0.317 e. The number of hydrogen-bond donors (Lipinski definition) is 1. The Morgan fingerprint density at radius 2 is 1.60 bits per heavy atom. The fourth-order valence-electron chi connectivity index (χ4n) is 0.908. The Morgan fingerprint density at radius 1 is 1.13 bits per heavy atom. The standard InChI is InChI=1S/C11H22O2S2/c1-10(2,3)14-7-8(9(12)13)15-11(4,5)6/h8H,7H2,1-6H3,(H,12,13). The summed E-state index contributed by atoms with van der Waals surface area (Å²) < 4.78 is 0.133. The molecule has 0 aliphatic carbocycles. The second-order valence-electron chi connectivity index (χ2n) is 5.48. The van der Waals surface area contributed by atoms with Crippen molar-refractivity contribution in [3.63, 3.8) is 0 Å². The van der Waals surface area contributed by atoms with Crippen LogP contribution in [0.15, 0.2) is 0 Å². The van der Waals surface area contributed by atoms with Crippen molar-refractivity contribution in [3.05, 3.63) is 0 Å². The van der Waals surface area contributed by atoms with Gasteiger partial charge in [0.25, 0.3) is 0 Å². The number of thioether (sulfide) groups is 2. The molecule has 4 heteroatoms. The largest absolute Gasteiger partial charge is 0.480 e. The lowest BCUT2D eigenvalue weighted by atomic mass is 10.3. The Morgan fingerprint density at radius 3 is 1.87 bits per heavy atom. The molecule has 0 aromatic carbocycles. The lowest BCUT2D eigenvalue weighted by Gasteiger charge is -2.25. The summed E-state index contributed by atoms with van der Waals surface area (Å²) in [5.41, 5.74) is 0. The van der Waals surface area contributed by atoms with E-state index in [0.717, 1.165) is 0 Å². The van der Waals surface area contributed by atoms with E-state index in [2.05, 4.69) is 41.5 Å². The van der Waals surface area contributed by atoms with Crippen LogP contribution in [0.5, 0.6) is 0 Å². The maximum atomic E-state index is 11.1. The van der Waals surface area contributed by atoms with Crippen molar-refractivity contribution in [2.24, 2.45) is 0 Å². The molecule has 0 bridgehead atoms. The van der Waals surface area contributed by atoms with Gasteiger partial charge in [-0.05, 0) is 0 Å². The fraction of sp³-hybridized carbons (Fsp3) is 0.909. The molecule has 0 radical (unpaired) electrons. The van der Waals surface area contributed by atoms with Crippen LogP contribution in [-0.2, 0) is 4.79 Å². The Kier molecular flexibility index (Phi) is 5.55. The molecule has 0 aliphatic rings. The summed E-state index contributed by atoms with van der Waals surface area (Å²) in [6, 6.07) is 0. The van der Waals surface area contributed by atoms with Crippen molar-refractivity contribution < 1.29 is 9.90 Å². The Bertz CT molecular complexity index is 214. The molecule has 0 spiro atoms. The molecule has 0 amide bonds. The van der Waals surface area contributed by atoms with Gasteiger partial charge in [0, 0.05) is 15.2 Å². The SMILES string of the molecule is CC(C)(C)SCC(SC(C)(C)C)C(=O)O. The van der Waals surface area contributed by atoms with E-state index in [9.17, 15) is 4.79 Å². The van der Waals surface area contributed by atoms with Crippen LogP contribution in [0.1, 0.15) is 41.5 Å². The van der Waals surface area contributed by atoms with Gasteiger partial charge in [0.1, 0.15) is 5.25 Å². The summed E-state index contributed by atoms with van der Waals surface area (Å²) in [6.45, 7) is 12.5. The van der Waals surface area contributed by atoms with Gasteiger partial charge in [0.15, 0.2) is 0 Å². The third-order valence-corrected chi connectivity index (χ3v) is 4.38. The van der Waals surface area contributed by atoms with Crippen molar-refractivity contribution >= 4 is 29.5 Å². The Hall–Kier alpha value is 0.170. The van der Waals surface area contributed by atoms with Crippen molar-refractivity contribution in [3.8, 4) is 0 Å². The predicted octanol–water partition coefficient (Wildman–Crippen LogP) is 3.50. The van der Waals surface area contributed by atoms with Gasteiger partial charge in [-0.25, -0.2) is 0 Å². The average molecular weight is 250 g/mol. The lowest BCUT2D eigenvalue weighted by molar-refractivity contribution is -0.135. The van der Waals surface area contributed by atoms with Gasteiger partial charge in [-0.1, -0.05) is 41.5 Å². The monoisotopic (exact) mass is 250 g/mol. The predicted molar refractivity (Wildman–Crippen MR) is 71.0 cm³/mol. The van der Waals surface area contributed by atoms with E-state index in [1.165, 1.54) is 11.8 Å². The summed E-state index contributed by atoms with van der Waals surface area (Å²) in [7, 11) is 0. The third kappa shape index (κ3) is 9.12. The molecule has 1 N–H and O–H groups in total. The highest BCUT2D eigenvalue weighted by Crippen LogP contribution is 2.33. The molecule has 0 rings (SSSR count). The summed E-state index contributed by atoms with van der Waals surface area (Å²) in [5.74, 6) is -0.0347. The van der Waals surface area contributed by atoms with E-state index >= 15 is 0 Å². The number of carbonyl (C=O) groups is 1. The van der Waals surface area contributed by atoms with Gasteiger partial charge in [-0.3, -0.25) is 4.79 Å². The minimum Gasteiger partial charge on any atom is -0.480 e. The molecule has 1 unspecified atom stereocenters. The van der Waals surface area contributed by atoms with Crippen molar-refractivity contribution in [2.75, 3.05) is 5.75 Å². The Balaban J connectivity index is 4.25. The zero-order valence-electron chi connectivity index (χ0n) is 10.5. The molecule has 0 aromatic heterocycles. The molecule has 0 saturated carbocycles. The second-order valence-corrected chi connectivity index (χ2v) is 9.36. The maximum absolute atomic E-state index is 11.1. The molecule has 0 aromatic rings. The van der Waals surface area contributed by atoms with Gasteiger partial charge in [0.05, 0.1) is 0 Å². The average Bonchev–Trinajstić information content (AvgIpc) is 1.93. The van der Waals surface area contributed by atoms with Crippen molar-refractivity contribution in [1.29, 1.82) is 0 Å². The molecule has 0 aliphatic heterocycles. The van der Waals surface area contributed by atoms with Crippen LogP contribution in [-0.4, -0.2) is 31.6 Å². The highest BCUT2D eigenvalue weighted by atomic mass is 32.2. The summed E-state index contributed by atoms with van der Waals surface area (Å²) in [4.78, 5) is 11.1. The first-order valence-corrected chi connectivity index (χ1v) is 6.92. The summed E-state index contributed by atoms with van der Waals surface area (Å²) >= 11 is 3.24. The normalized spacial score (nSPS) is 15.1. The minimum absolute atomic E-state index is 0.00149. The first kappa shape index (κ1) is 15.2. The molecule has 0 saturated heterocycles. The zero-order chi connectivity index (χ0) is 12.3. The van der Waals surface area contributed by atoms with E-state index in [4.69, 9.17) is 5.11 Å². The topological polar surface area (TPSA) is 37.3 Å². The van der Waals surface area contributed by atoms with E-state index < -0.39 is 5.97 Å². The van der Waals surface area contributed by atoms with E-state index in [0.29, 0.717) is 5.75 Å². The highest BCUT2D eigenvalue weighted by molar-refractivity contribution is 8.05. The van der Waals surface area contributed by atoms with Gasteiger partial charge >= 0.3 is 5.97 Å². The van der Waals surface area contributed by atoms with E-state index in [1.807, 2.05) is 0 Å². The molecule has 90 valence electrons. The van der Waals surface area contributed by atoms with E-state index in [-0.39, 0.29) is 14.7 Å². The minimum atomic E-state index is -0.702. The number of aliphatic carboxylic acids is 1.